The number of aliphatic hydroxyl groups is 3. The molecule has 6 atom stereocenters. The van der Waals surface area contributed by atoms with Crippen LogP contribution in [0.4, 0.5) is 0 Å². The third-order valence-corrected chi connectivity index (χ3v) is 10.4. The van der Waals surface area contributed by atoms with Gasteiger partial charge >= 0.3 is 11.9 Å². The number of unbranched alkanes of at least 4 members (excludes halogenated alkanes) is 16. The number of carbonyl (C=O) groups is 2. The largest absolute Gasteiger partial charge is 0.462 e. The SMILES string of the molecule is CC/C=C/C=C/C=C/C=C/CCCCCCCC(=O)OC[C@H](CO[C@H]1O[C@H](CS(=O)(=O)O)[C@@H](O)C(O)C1O)OC(=O)CCCCCCCCC/C=C/CCCCCC. The number of hydrogen-bond acceptors (Lipinski definition) is 11. The Morgan fingerprint density at radius 1 is 0.603 bits per heavy atom. The van der Waals surface area contributed by atoms with Gasteiger partial charge in [0, 0.05) is 12.8 Å². The van der Waals surface area contributed by atoms with Crippen LogP contribution in [0.1, 0.15) is 155 Å². The highest BCUT2D eigenvalue weighted by Gasteiger charge is 2.46. The molecule has 1 saturated heterocycles. The van der Waals surface area contributed by atoms with Crippen LogP contribution in [0.3, 0.4) is 0 Å². The molecule has 4 N–H and O–H groups in total. The Hall–Kier alpha value is -2.65. The molecular formula is C45H76O12S. The summed E-state index contributed by atoms with van der Waals surface area (Å²) in [4.78, 5) is 25.4. The predicted octanol–water partition coefficient (Wildman–Crippen LogP) is 8.56. The van der Waals surface area contributed by atoms with Gasteiger partial charge in [0.2, 0.25) is 0 Å². The molecule has 1 heterocycles. The van der Waals surface area contributed by atoms with Gasteiger partial charge < -0.3 is 34.3 Å². The van der Waals surface area contributed by atoms with Crippen molar-refractivity contribution in [3.8, 4) is 0 Å². The highest BCUT2D eigenvalue weighted by Crippen LogP contribution is 2.24. The molecule has 0 aromatic carbocycles. The van der Waals surface area contributed by atoms with E-state index < -0.39 is 71.2 Å². The topological polar surface area (TPSA) is 186 Å². The van der Waals surface area contributed by atoms with E-state index in [1.54, 1.807) is 0 Å². The Bertz CT molecular complexity index is 1310. The molecule has 1 aliphatic heterocycles. The molecule has 0 bridgehead atoms. The van der Waals surface area contributed by atoms with Crippen molar-refractivity contribution in [1.82, 2.24) is 0 Å². The molecule has 58 heavy (non-hydrogen) atoms. The van der Waals surface area contributed by atoms with Crippen molar-refractivity contribution < 1.29 is 56.8 Å². The van der Waals surface area contributed by atoms with Crippen molar-refractivity contribution in [3.63, 3.8) is 0 Å². The molecule has 12 nitrogen and oxygen atoms in total. The van der Waals surface area contributed by atoms with Gasteiger partial charge in [-0.2, -0.15) is 8.42 Å². The fourth-order valence-corrected chi connectivity index (χ4v) is 6.96. The summed E-state index contributed by atoms with van der Waals surface area (Å²) in [5.74, 6) is -2.03. The summed E-state index contributed by atoms with van der Waals surface area (Å²) in [6, 6.07) is 0. The van der Waals surface area contributed by atoms with Crippen molar-refractivity contribution >= 4 is 22.1 Å². The lowest BCUT2D eigenvalue weighted by Crippen LogP contribution is -2.60. The Kier molecular flexibility index (Phi) is 32.3. The first-order valence-electron chi connectivity index (χ1n) is 21.9. The molecule has 13 heteroatoms. The summed E-state index contributed by atoms with van der Waals surface area (Å²) in [7, 11) is -4.61. The zero-order valence-corrected chi connectivity index (χ0v) is 36.2. The molecule has 0 saturated carbocycles. The molecule has 0 aliphatic carbocycles. The number of carbonyl (C=O) groups excluding carboxylic acids is 2. The van der Waals surface area contributed by atoms with Gasteiger partial charge in [0.15, 0.2) is 12.4 Å². The van der Waals surface area contributed by atoms with E-state index >= 15 is 0 Å². The first-order chi connectivity index (χ1) is 28.0. The van der Waals surface area contributed by atoms with Crippen molar-refractivity contribution in [2.24, 2.45) is 0 Å². The van der Waals surface area contributed by atoms with E-state index in [2.05, 4.69) is 38.2 Å². The molecule has 0 aromatic heterocycles. The number of allylic oxidation sites excluding steroid dienone is 10. The maximum Gasteiger partial charge on any atom is 0.306 e. The summed E-state index contributed by atoms with van der Waals surface area (Å²) < 4.78 is 54.0. The molecule has 0 amide bonds. The minimum atomic E-state index is -4.61. The Morgan fingerprint density at radius 3 is 1.67 bits per heavy atom. The Morgan fingerprint density at radius 2 is 1.10 bits per heavy atom. The van der Waals surface area contributed by atoms with Gasteiger partial charge in [-0.25, -0.2) is 0 Å². The molecule has 1 aliphatic rings. The van der Waals surface area contributed by atoms with Gasteiger partial charge in [0.05, 0.1) is 6.61 Å². The van der Waals surface area contributed by atoms with E-state index in [1.165, 1.54) is 44.9 Å². The second-order valence-electron chi connectivity index (χ2n) is 15.1. The molecule has 0 radical (unpaired) electrons. The Balaban J connectivity index is 2.49. The fourth-order valence-electron chi connectivity index (χ4n) is 6.27. The second-order valence-corrected chi connectivity index (χ2v) is 16.6. The van der Waals surface area contributed by atoms with Crippen molar-refractivity contribution in [2.45, 2.75) is 192 Å². The molecule has 1 fully saturated rings. The smallest absolute Gasteiger partial charge is 0.306 e. The molecule has 334 valence electrons. The minimum Gasteiger partial charge on any atom is -0.462 e. The van der Waals surface area contributed by atoms with Gasteiger partial charge in [-0.1, -0.05) is 145 Å². The number of hydrogen-bond donors (Lipinski definition) is 4. The summed E-state index contributed by atoms with van der Waals surface area (Å²) in [5.41, 5.74) is 0. The molecule has 0 aromatic rings. The maximum atomic E-state index is 12.8. The van der Waals surface area contributed by atoms with Gasteiger partial charge in [0.1, 0.15) is 36.8 Å². The molecule has 2 unspecified atom stereocenters. The van der Waals surface area contributed by atoms with Gasteiger partial charge in [0.25, 0.3) is 10.1 Å². The van der Waals surface area contributed by atoms with Crippen molar-refractivity contribution in [3.05, 3.63) is 60.8 Å². The van der Waals surface area contributed by atoms with Crippen LogP contribution < -0.4 is 0 Å². The van der Waals surface area contributed by atoms with Crippen LogP contribution in [-0.2, 0) is 38.7 Å². The predicted molar refractivity (Wildman–Crippen MR) is 229 cm³/mol. The van der Waals surface area contributed by atoms with E-state index in [-0.39, 0.29) is 19.4 Å². The van der Waals surface area contributed by atoms with Crippen LogP contribution in [0.2, 0.25) is 0 Å². The van der Waals surface area contributed by atoms with Gasteiger partial charge in [-0.05, 0) is 57.8 Å². The second kappa shape index (κ2) is 35.1. The number of aliphatic hydroxyl groups excluding tert-OH is 3. The van der Waals surface area contributed by atoms with Crippen LogP contribution in [-0.4, -0.2) is 96.0 Å². The molecule has 1 rings (SSSR count). The van der Waals surface area contributed by atoms with Crippen LogP contribution in [0.25, 0.3) is 0 Å². The van der Waals surface area contributed by atoms with Gasteiger partial charge in [-0.15, -0.1) is 0 Å². The zero-order valence-electron chi connectivity index (χ0n) is 35.4. The lowest BCUT2D eigenvalue weighted by atomic mass is 10.00. The number of ether oxygens (including phenoxy) is 4. The van der Waals surface area contributed by atoms with Crippen LogP contribution in [0, 0.1) is 0 Å². The van der Waals surface area contributed by atoms with Crippen LogP contribution in [0.5, 0.6) is 0 Å². The third kappa shape index (κ3) is 29.5. The third-order valence-electron chi connectivity index (χ3n) is 9.68. The average molecular weight is 841 g/mol. The highest BCUT2D eigenvalue weighted by molar-refractivity contribution is 7.85. The standard InChI is InChI=1S/C45H76O12S/c1-3-5-7-9-11-13-15-17-19-21-23-25-27-29-31-33-40(46)54-35-38(36-55-45-44(50)43(49)42(48)39(57-45)37-58(51,52)53)56-41(47)34-32-30-28-26-24-22-20-18-16-14-12-10-8-6-4-2/h5,7,9,11,13-17,19,38-39,42-45,48-50H,3-4,6,8,10,12,18,20-37H2,1-2H3,(H,51,52,53)/b7-5+,11-9+,15-13+,16-14+,19-17+/t38-,39-,42-,43?,44?,45+/m1/s1. The summed E-state index contributed by atoms with van der Waals surface area (Å²) in [6.07, 6.45) is 32.6. The first kappa shape index (κ1) is 53.4. The average Bonchev–Trinajstić information content (AvgIpc) is 3.18. The monoisotopic (exact) mass is 841 g/mol. The van der Waals surface area contributed by atoms with Crippen molar-refractivity contribution in [2.75, 3.05) is 19.0 Å². The van der Waals surface area contributed by atoms with Crippen LogP contribution in [0.15, 0.2) is 60.8 Å². The lowest BCUT2D eigenvalue weighted by molar-refractivity contribution is -0.297. The zero-order chi connectivity index (χ0) is 42.7. The van der Waals surface area contributed by atoms with Crippen LogP contribution >= 0.6 is 0 Å². The summed E-state index contributed by atoms with van der Waals surface area (Å²) >= 11 is 0. The molecule has 0 spiro atoms. The summed E-state index contributed by atoms with van der Waals surface area (Å²) in [5, 5.41) is 30.8. The molecular weight excluding hydrogens is 765 g/mol. The normalized spacial score (nSPS) is 21.0. The fraction of sp³-hybridized carbons (Fsp3) is 0.733. The van der Waals surface area contributed by atoms with Crippen molar-refractivity contribution in [1.29, 1.82) is 0 Å². The maximum absolute atomic E-state index is 12.8. The lowest BCUT2D eigenvalue weighted by Gasteiger charge is -2.40. The van der Waals surface area contributed by atoms with Gasteiger partial charge in [-0.3, -0.25) is 14.1 Å². The summed E-state index contributed by atoms with van der Waals surface area (Å²) in [6.45, 7) is 3.57. The van der Waals surface area contributed by atoms with E-state index in [4.69, 9.17) is 18.9 Å². The van der Waals surface area contributed by atoms with E-state index in [0.717, 1.165) is 70.6 Å². The quantitative estimate of drug-likeness (QED) is 0.0157. The minimum absolute atomic E-state index is 0.151. The number of esters is 2. The van der Waals surface area contributed by atoms with E-state index in [1.807, 2.05) is 36.5 Å². The number of rotatable bonds is 35. The first-order valence-corrected chi connectivity index (χ1v) is 23.5. The van der Waals surface area contributed by atoms with E-state index in [0.29, 0.717) is 12.8 Å². The highest BCUT2D eigenvalue weighted by atomic mass is 32.2. The Labute approximate surface area is 349 Å². The van der Waals surface area contributed by atoms with E-state index in [9.17, 15) is 37.9 Å².